The lowest BCUT2D eigenvalue weighted by Crippen LogP contribution is -2.02. The third-order valence-electron chi connectivity index (χ3n) is 2.67. The van der Waals surface area contributed by atoms with Gasteiger partial charge in [-0.15, -0.1) is 0 Å². The molecule has 1 atom stereocenters. The highest BCUT2D eigenvalue weighted by atomic mass is 16.3. The van der Waals surface area contributed by atoms with Crippen molar-refractivity contribution < 1.29 is 9.90 Å². The number of ketones is 1. The van der Waals surface area contributed by atoms with Crippen molar-refractivity contribution in [2.75, 3.05) is 0 Å². The van der Waals surface area contributed by atoms with E-state index in [9.17, 15) is 9.90 Å². The van der Waals surface area contributed by atoms with E-state index in [-0.39, 0.29) is 17.5 Å². The fourth-order valence-electron chi connectivity index (χ4n) is 1.86. The smallest absolute Gasteiger partial charge is 0.156 e. The molecule has 0 aliphatic heterocycles. The number of rotatable bonds is 4. The van der Waals surface area contributed by atoms with Crippen LogP contribution in [0.3, 0.4) is 0 Å². The Morgan fingerprint density at radius 2 is 2.06 bits per heavy atom. The van der Waals surface area contributed by atoms with Crippen molar-refractivity contribution in [3.8, 4) is 5.75 Å². The van der Waals surface area contributed by atoms with Crippen molar-refractivity contribution >= 4 is 5.78 Å². The first-order chi connectivity index (χ1) is 7.90. The number of carbonyl (C=O) groups excluding carboxylic acids is 1. The Morgan fingerprint density at radius 3 is 2.59 bits per heavy atom. The maximum absolute atomic E-state index is 11.7. The Labute approximate surface area is 103 Å². The Kier molecular flexibility index (Phi) is 4.50. The van der Waals surface area contributed by atoms with Crippen molar-refractivity contribution in [3.63, 3.8) is 0 Å². The average molecular weight is 232 g/mol. The van der Waals surface area contributed by atoms with Gasteiger partial charge in [-0.25, -0.2) is 0 Å². The van der Waals surface area contributed by atoms with Gasteiger partial charge in [0.2, 0.25) is 0 Å². The molecule has 0 unspecified atom stereocenters. The lowest BCUT2D eigenvalue weighted by Gasteiger charge is -2.12. The minimum absolute atomic E-state index is 0.0405. The molecule has 0 spiro atoms. The summed E-state index contributed by atoms with van der Waals surface area (Å²) in [6.45, 7) is 7.71. The predicted molar refractivity (Wildman–Crippen MR) is 70.3 cm³/mol. The Balaban J connectivity index is 2.80. The lowest BCUT2D eigenvalue weighted by molar-refractivity contribution is -0.114. The summed E-state index contributed by atoms with van der Waals surface area (Å²) in [4.78, 5) is 11.7. The van der Waals surface area contributed by atoms with E-state index in [1.165, 1.54) is 0 Å². The van der Waals surface area contributed by atoms with Crippen LogP contribution < -0.4 is 0 Å². The van der Waals surface area contributed by atoms with Crippen LogP contribution in [0.2, 0.25) is 0 Å². The second-order valence-electron chi connectivity index (χ2n) is 4.86. The van der Waals surface area contributed by atoms with Crippen LogP contribution in [-0.2, 0) is 4.79 Å². The minimum Gasteiger partial charge on any atom is -0.508 e. The summed E-state index contributed by atoms with van der Waals surface area (Å²) < 4.78 is 0. The van der Waals surface area contributed by atoms with E-state index in [1.54, 1.807) is 12.1 Å². The van der Waals surface area contributed by atoms with Gasteiger partial charge in [0.15, 0.2) is 5.78 Å². The highest BCUT2D eigenvalue weighted by molar-refractivity contribution is 5.90. The summed E-state index contributed by atoms with van der Waals surface area (Å²) in [7, 11) is 0. The zero-order valence-corrected chi connectivity index (χ0v) is 10.9. The normalized spacial score (nSPS) is 12.0. The standard InChI is InChI=1S/C15H20O2/c1-10(2)7-13(16)9-12(4)14-6-5-11(3)8-15(14)17/h5-8,12,17H,9H2,1-4H3/t12-/m1/s1. The molecule has 17 heavy (non-hydrogen) atoms. The molecule has 0 bridgehead atoms. The van der Waals surface area contributed by atoms with E-state index in [1.807, 2.05) is 39.8 Å². The second-order valence-corrected chi connectivity index (χ2v) is 4.86. The van der Waals surface area contributed by atoms with Crippen LogP contribution in [0.15, 0.2) is 29.8 Å². The van der Waals surface area contributed by atoms with E-state index in [0.717, 1.165) is 16.7 Å². The van der Waals surface area contributed by atoms with Crippen LogP contribution in [0.5, 0.6) is 5.75 Å². The average Bonchev–Trinajstić information content (AvgIpc) is 2.15. The van der Waals surface area contributed by atoms with E-state index in [2.05, 4.69) is 0 Å². The molecule has 0 saturated carbocycles. The summed E-state index contributed by atoms with van der Waals surface area (Å²) in [6.07, 6.45) is 2.09. The first-order valence-electron chi connectivity index (χ1n) is 5.87. The SMILES string of the molecule is CC(C)=CC(=O)C[C@@H](C)c1ccc(C)cc1O. The first kappa shape index (κ1) is 13.5. The van der Waals surface area contributed by atoms with Crippen molar-refractivity contribution in [2.45, 2.75) is 40.0 Å². The number of carbonyl (C=O) groups is 1. The second kappa shape index (κ2) is 5.67. The van der Waals surface area contributed by atoms with E-state index in [4.69, 9.17) is 0 Å². The molecular formula is C15H20O2. The van der Waals surface area contributed by atoms with Gasteiger partial charge in [0, 0.05) is 6.42 Å². The number of benzene rings is 1. The molecule has 2 heteroatoms. The third-order valence-corrected chi connectivity index (χ3v) is 2.67. The van der Waals surface area contributed by atoms with Crippen LogP contribution in [0.4, 0.5) is 0 Å². The van der Waals surface area contributed by atoms with E-state index >= 15 is 0 Å². The predicted octanol–water partition coefficient (Wildman–Crippen LogP) is 3.73. The zero-order valence-electron chi connectivity index (χ0n) is 10.9. The number of aryl methyl sites for hydroxylation is 1. The van der Waals surface area contributed by atoms with Gasteiger partial charge in [-0.3, -0.25) is 4.79 Å². The summed E-state index contributed by atoms with van der Waals surface area (Å²) in [5, 5.41) is 9.83. The van der Waals surface area contributed by atoms with Gasteiger partial charge in [-0.1, -0.05) is 24.6 Å². The quantitative estimate of drug-likeness (QED) is 0.803. The molecule has 0 fully saturated rings. The maximum atomic E-state index is 11.7. The fraction of sp³-hybridized carbons (Fsp3) is 0.400. The van der Waals surface area contributed by atoms with Gasteiger partial charge >= 0.3 is 0 Å². The largest absolute Gasteiger partial charge is 0.508 e. The summed E-state index contributed by atoms with van der Waals surface area (Å²) in [6, 6.07) is 5.58. The molecule has 0 radical (unpaired) electrons. The molecule has 1 aromatic rings. The third kappa shape index (κ3) is 4.06. The Bertz CT molecular complexity index is 440. The van der Waals surface area contributed by atoms with Gasteiger partial charge in [0.1, 0.15) is 5.75 Å². The van der Waals surface area contributed by atoms with Gasteiger partial charge < -0.3 is 5.11 Å². The Morgan fingerprint density at radius 1 is 1.41 bits per heavy atom. The number of allylic oxidation sites excluding steroid dienone is 2. The number of hydrogen-bond donors (Lipinski definition) is 1. The molecule has 0 aliphatic rings. The van der Waals surface area contributed by atoms with Crippen LogP contribution in [0.25, 0.3) is 0 Å². The molecule has 1 aromatic carbocycles. The summed E-state index contributed by atoms with van der Waals surface area (Å²) in [5.74, 6) is 0.429. The molecule has 2 nitrogen and oxygen atoms in total. The summed E-state index contributed by atoms with van der Waals surface area (Å²) >= 11 is 0. The number of aromatic hydroxyl groups is 1. The number of phenols is 1. The molecule has 0 heterocycles. The maximum Gasteiger partial charge on any atom is 0.156 e. The van der Waals surface area contributed by atoms with E-state index in [0.29, 0.717) is 6.42 Å². The van der Waals surface area contributed by atoms with Gasteiger partial charge in [0.25, 0.3) is 0 Å². The molecule has 0 amide bonds. The monoisotopic (exact) mass is 232 g/mol. The zero-order chi connectivity index (χ0) is 13.0. The molecule has 1 rings (SSSR count). The Hall–Kier alpha value is -1.57. The van der Waals surface area contributed by atoms with Crippen LogP contribution in [0, 0.1) is 6.92 Å². The molecule has 0 aliphatic carbocycles. The fourth-order valence-corrected chi connectivity index (χ4v) is 1.86. The van der Waals surface area contributed by atoms with Crippen LogP contribution in [0.1, 0.15) is 44.2 Å². The van der Waals surface area contributed by atoms with Crippen LogP contribution in [-0.4, -0.2) is 10.9 Å². The number of phenolic OH excluding ortho intramolecular Hbond substituents is 1. The molecule has 0 saturated heterocycles. The van der Waals surface area contributed by atoms with Crippen LogP contribution >= 0.6 is 0 Å². The molecule has 92 valence electrons. The topological polar surface area (TPSA) is 37.3 Å². The first-order valence-corrected chi connectivity index (χ1v) is 5.87. The van der Waals surface area contributed by atoms with Gasteiger partial charge in [0.05, 0.1) is 0 Å². The molecular weight excluding hydrogens is 212 g/mol. The lowest BCUT2D eigenvalue weighted by atomic mass is 9.93. The van der Waals surface area contributed by atoms with Crippen molar-refractivity contribution in [1.82, 2.24) is 0 Å². The number of hydrogen-bond acceptors (Lipinski definition) is 2. The van der Waals surface area contributed by atoms with Crippen molar-refractivity contribution in [2.24, 2.45) is 0 Å². The molecule has 0 aromatic heterocycles. The minimum atomic E-state index is 0.0405. The van der Waals surface area contributed by atoms with Gasteiger partial charge in [-0.2, -0.15) is 0 Å². The van der Waals surface area contributed by atoms with Crippen molar-refractivity contribution in [1.29, 1.82) is 0 Å². The summed E-state index contributed by atoms with van der Waals surface area (Å²) in [5.41, 5.74) is 2.87. The van der Waals surface area contributed by atoms with Gasteiger partial charge in [-0.05, 0) is 50.0 Å². The van der Waals surface area contributed by atoms with E-state index < -0.39 is 0 Å². The van der Waals surface area contributed by atoms with Crippen molar-refractivity contribution in [3.05, 3.63) is 41.0 Å². The molecule has 1 N–H and O–H groups in total. The highest BCUT2D eigenvalue weighted by Gasteiger charge is 2.13. The highest BCUT2D eigenvalue weighted by Crippen LogP contribution is 2.28.